The molecule has 1 fully saturated rings. The average molecular weight is 328 g/mol. The SMILES string of the molecule is CCOC(=O)c1nn(-c2ccccc2)cc1CN1CCN[C@@H](C)C1. The molecule has 1 aliphatic heterocycles. The zero-order chi connectivity index (χ0) is 16.9. The summed E-state index contributed by atoms with van der Waals surface area (Å²) in [6.45, 7) is 7.91. The van der Waals surface area contributed by atoms with Gasteiger partial charge in [0.2, 0.25) is 0 Å². The number of ether oxygens (including phenoxy) is 1. The molecule has 1 aromatic heterocycles. The molecule has 0 spiro atoms. The molecule has 0 radical (unpaired) electrons. The molecule has 1 saturated heterocycles. The lowest BCUT2D eigenvalue weighted by atomic mass is 10.2. The molecule has 6 heteroatoms. The predicted octanol–water partition coefficient (Wildman–Crippen LogP) is 1.84. The Bertz CT molecular complexity index is 684. The van der Waals surface area contributed by atoms with Crippen LogP contribution in [0.25, 0.3) is 5.69 Å². The van der Waals surface area contributed by atoms with Gasteiger partial charge in [-0.05, 0) is 26.0 Å². The summed E-state index contributed by atoms with van der Waals surface area (Å²) in [6, 6.07) is 10.3. The van der Waals surface area contributed by atoms with E-state index < -0.39 is 0 Å². The number of carbonyl (C=O) groups is 1. The first kappa shape index (κ1) is 16.7. The van der Waals surface area contributed by atoms with Crippen LogP contribution in [0, 0.1) is 0 Å². The number of nitrogens with zero attached hydrogens (tertiary/aromatic N) is 3. The van der Waals surface area contributed by atoms with Crippen molar-refractivity contribution >= 4 is 5.97 Å². The van der Waals surface area contributed by atoms with Gasteiger partial charge >= 0.3 is 5.97 Å². The van der Waals surface area contributed by atoms with E-state index in [2.05, 4.69) is 22.2 Å². The third-order valence-corrected chi connectivity index (χ3v) is 4.13. The van der Waals surface area contributed by atoms with Crippen LogP contribution in [-0.4, -0.2) is 52.9 Å². The zero-order valence-corrected chi connectivity index (χ0v) is 14.2. The summed E-state index contributed by atoms with van der Waals surface area (Å²) in [5, 5.41) is 7.92. The van der Waals surface area contributed by atoms with E-state index in [-0.39, 0.29) is 5.97 Å². The highest BCUT2D eigenvalue weighted by Crippen LogP contribution is 2.16. The second-order valence-corrected chi connectivity index (χ2v) is 6.09. The lowest BCUT2D eigenvalue weighted by Gasteiger charge is -2.31. The Morgan fingerprint density at radius 1 is 1.38 bits per heavy atom. The van der Waals surface area contributed by atoms with Gasteiger partial charge in [0.15, 0.2) is 5.69 Å². The van der Waals surface area contributed by atoms with Crippen molar-refractivity contribution in [2.24, 2.45) is 0 Å². The van der Waals surface area contributed by atoms with Crippen LogP contribution in [0.1, 0.15) is 29.9 Å². The van der Waals surface area contributed by atoms with Gasteiger partial charge in [0.05, 0.1) is 12.3 Å². The number of benzene rings is 1. The van der Waals surface area contributed by atoms with Crippen molar-refractivity contribution in [2.45, 2.75) is 26.4 Å². The molecule has 3 rings (SSSR count). The fourth-order valence-electron chi connectivity index (χ4n) is 3.01. The van der Waals surface area contributed by atoms with E-state index in [0.29, 0.717) is 24.9 Å². The van der Waals surface area contributed by atoms with Crippen molar-refractivity contribution in [3.63, 3.8) is 0 Å². The normalized spacial score (nSPS) is 18.5. The van der Waals surface area contributed by atoms with E-state index in [0.717, 1.165) is 30.9 Å². The number of hydrogen-bond donors (Lipinski definition) is 1. The molecule has 0 bridgehead atoms. The van der Waals surface area contributed by atoms with Gasteiger partial charge < -0.3 is 10.1 Å². The number of nitrogens with one attached hydrogen (secondary N) is 1. The van der Waals surface area contributed by atoms with Gasteiger partial charge in [0.1, 0.15) is 0 Å². The molecule has 24 heavy (non-hydrogen) atoms. The second kappa shape index (κ2) is 7.59. The van der Waals surface area contributed by atoms with Gasteiger partial charge in [-0.25, -0.2) is 9.48 Å². The molecule has 2 heterocycles. The number of piperazine rings is 1. The highest BCUT2D eigenvalue weighted by molar-refractivity contribution is 5.88. The lowest BCUT2D eigenvalue weighted by molar-refractivity contribution is 0.0516. The molecule has 0 aliphatic carbocycles. The van der Waals surface area contributed by atoms with Crippen molar-refractivity contribution in [1.29, 1.82) is 0 Å². The van der Waals surface area contributed by atoms with Crippen LogP contribution >= 0.6 is 0 Å². The first-order valence-corrected chi connectivity index (χ1v) is 8.44. The Morgan fingerprint density at radius 2 is 2.17 bits per heavy atom. The fourth-order valence-corrected chi connectivity index (χ4v) is 3.01. The minimum absolute atomic E-state index is 0.348. The Hall–Kier alpha value is -2.18. The predicted molar refractivity (Wildman–Crippen MR) is 92.3 cm³/mol. The highest BCUT2D eigenvalue weighted by atomic mass is 16.5. The van der Waals surface area contributed by atoms with Crippen LogP contribution in [0.3, 0.4) is 0 Å². The molecule has 6 nitrogen and oxygen atoms in total. The van der Waals surface area contributed by atoms with E-state index in [1.165, 1.54) is 0 Å². The molecule has 128 valence electrons. The Morgan fingerprint density at radius 3 is 2.88 bits per heavy atom. The molecular weight excluding hydrogens is 304 g/mol. The summed E-state index contributed by atoms with van der Waals surface area (Å²) in [4.78, 5) is 14.6. The van der Waals surface area contributed by atoms with Gasteiger partial charge in [-0.1, -0.05) is 18.2 Å². The topological polar surface area (TPSA) is 59.4 Å². The third-order valence-electron chi connectivity index (χ3n) is 4.13. The number of hydrogen-bond acceptors (Lipinski definition) is 5. The van der Waals surface area contributed by atoms with Crippen LogP contribution in [0.5, 0.6) is 0 Å². The summed E-state index contributed by atoms with van der Waals surface area (Å²) in [5.41, 5.74) is 2.25. The van der Waals surface area contributed by atoms with Crippen LogP contribution in [0.15, 0.2) is 36.5 Å². The number of rotatable bonds is 5. The van der Waals surface area contributed by atoms with Crippen LogP contribution in [-0.2, 0) is 11.3 Å². The molecule has 0 unspecified atom stereocenters. The third kappa shape index (κ3) is 3.83. The quantitative estimate of drug-likeness (QED) is 0.849. The van der Waals surface area contributed by atoms with Gasteiger partial charge in [-0.15, -0.1) is 0 Å². The van der Waals surface area contributed by atoms with E-state index >= 15 is 0 Å². The van der Waals surface area contributed by atoms with Gasteiger partial charge in [-0.2, -0.15) is 5.10 Å². The van der Waals surface area contributed by atoms with Gasteiger partial charge in [-0.3, -0.25) is 4.90 Å². The largest absolute Gasteiger partial charge is 0.461 e. The number of esters is 1. The molecular formula is C18H24N4O2. The highest BCUT2D eigenvalue weighted by Gasteiger charge is 2.22. The molecule has 2 aromatic rings. The molecule has 1 aliphatic rings. The lowest BCUT2D eigenvalue weighted by Crippen LogP contribution is -2.48. The van der Waals surface area contributed by atoms with Crippen molar-refractivity contribution in [3.8, 4) is 5.69 Å². The summed E-state index contributed by atoms with van der Waals surface area (Å²) in [5.74, 6) is -0.356. The second-order valence-electron chi connectivity index (χ2n) is 6.09. The van der Waals surface area contributed by atoms with Gasteiger partial charge in [0.25, 0.3) is 0 Å². The van der Waals surface area contributed by atoms with Crippen LogP contribution in [0.2, 0.25) is 0 Å². The van der Waals surface area contributed by atoms with Gasteiger partial charge in [0, 0.05) is 44.0 Å². The maximum absolute atomic E-state index is 12.3. The standard InChI is InChI=1S/C18H24N4O2/c1-3-24-18(23)17-15(12-21-10-9-19-14(2)11-21)13-22(20-17)16-7-5-4-6-8-16/h4-8,13-14,19H,3,9-12H2,1-2H3/t14-/m0/s1. The summed E-state index contributed by atoms with van der Waals surface area (Å²) in [6.07, 6.45) is 1.94. The maximum Gasteiger partial charge on any atom is 0.359 e. The minimum Gasteiger partial charge on any atom is -0.461 e. The van der Waals surface area contributed by atoms with Crippen molar-refractivity contribution in [2.75, 3.05) is 26.2 Å². The monoisotopic (exact) mass is 328 g/mol. The first-order valence-electron chi connectivity index (χ1n) is 8.44. The first-order chi connectivity index (χ1) is 11.7. The molecule has 1 N–H and O–H groups in total. The van der Waals surface area contributed by atoms with Crippen LogP contribution in [0.4, 0.5) is 0 Å². The molecule has 1 atom stereocenters. The van der Waals surface area contributed by atoms with Crippen molar-refractivity contribution in [1.82, 2.24) is 20.0 Å². The van der Waals surface area contributed by atoms with Crippen LogP contribution < -0.4 is 5.32 Å². The summed E-state index contributed by atoms with van der Waals surface area (Å²) < 4.78 is 6.94. The zero-order valence-electron chi connectivity index (χ0n) is 14.2. The summed E-state index contributed by atoms with van der Waals surface area (Å²) >= 11 is 0. The maximum atomic E-state index is 12.3. The Balaban J connectivity index is 1.87. The van der Waals surface area contributed by atoms with E-state index in [1.807, 2.05) is 43.5 Å². The molecule has 0 amide bonds. The van der Waals surface area contributed by atoms with E-state index in [4.69, 9.17) is 4.74 Å². The average Bonchev–Trinajstić information content (AvgIpc) is 3.00. The summed E-state index contributed by atoms with van der Waals surface area (Å²) in [7, 11) is 0. The minimum atomic E-state index is -0.356. The number of carbonyl (C=O) groups excluding carboxylic acids is 1. The van der Waals surface area contributed by atoms with Crippen molar-refractivity contribution in [3.05, 3.63) is 47.8 Å². The Kier molecular flexibility index (Phi) is 5.27. The molecule has 0 saturated carbocycles. The van der Waals surface area contributed by atoms with E-state index in [1.54, 1.807) is 4.68 Å². The van der Waals surface area contributed by atoms with E-state index in [9.17, 15) is 4.79 Å². The Labute approximate surface area is 142 Å². The van der Waals surface area contributed by atoms with Crippen molar-refractivity contribution < 1.29 is 9.53 Å². The molecule has 1 aromatic carbocycles. The fraction of sp³-hybridized carbons (Fsp3) is 0.444. The number of aromatic nitrogens is 2. The smallest absolute Gasteiger partial charge is 0.359 e. The number of para-hydroxylation sites is 1.